The second-order valence-electron chi connectivity index (χ2n) is 5.91. The maximum absolute atomic E-state index is 12.0. The zero-order valence-electron chi connectivity index (χ0n) is 11.0. The zero-order chi connectivity index (χ0) is 13.6. The number of nitrogens with two attached hydrogens (primary N) is 1. The van der Waals surface area contributed by atoms with E-state index < -0.39 is 32.0 Å². The molecule has 0 aliphatic carbocycles. The maximum atomic E-state index is 12.0. The summed E-state index contributed by atoms with van der Waals surface area (Å²) in [5.41, 5.74) is 4.91. The highest BCUT2D eigenvalue weighted by Gasteiger charge is 2.54. The van der Waals surface area contributed by atoms with E-state index in [4.69, 9.17) is 10.5 Å². The van der Waals surface area contributed by atoms with Gasteiger partial charge in [-0.2, -0.15) is 0 Å². The van der Waals surface area contributed by atoms with Crippen LogP contribution >= 0.6 is 0 Å². The fourth-order valence-corrected chi connectivity index (χ4v) is 5.55. The Morgan fingerprint density at radius 1 is 1.33 bits per heavy atom. The highest BCUT2D eigenvalue weighted by Crippen LogP contribution is 2.44. The molecule has 3 N–H and O–H groups in total. The SMILES string of the molecule is CC(C)OCC(N)C1(O)CC2CCC(C1)S2(=O)=O. The molecule has 0 radical (unpaired) electrons. The van der Waals surface area contributed by atoms with Gasteiger partial charge in [0, 0.05) is 0 Å². The molecule has 5 nitrogen and oxygen atoms in total. The van der Waals surface area contributed by atoms with Gasteiger partial charge in [0.1, 0.15) is 0 Å². The number of hydrogen-bond acceptors (Lipinski definition) is 5. The molecule has 2 rings (SSSR count). The van der Waals surface area contributed by atoms with Crippen LogP contribution in [0, 0.1) is 0 Å². The number of rotatable bonds is 4. The molecular weight excluding hydrogens is 254 g/mol. The molecule has 0 aromatic heterocycles. The lowest BCUT2D eigenvalue weighted by Crippen LogP contribution is -2.57. The quantitative estimate of drug-likeness (QED) is 0.766. The van der Waals surface area contributed by atoms with Gasteiger partial charge >= 0.3 is 0 Å². The van der Waals surface area contributed by atoms with E-state index in [0.717, 1.165) is 0 Å². The van der Waals surface area contributed by atoms with Crippen molar-refractivity contribution >= 4 is 9.84 Å². The summed E-state index contributed by atoms with van der Waals surface area (Å²) in [6.45, 7) is 4.09. The van der Waals surface area contributed by atoms with Crippen molar-refractivity contribution in [2.45, 2.75) is 67.8 Å². The number of hydrogen-bond donors (Lipinski definition) is 2. The standard InChI is InChI=1S/C12H23NO4S/c1-8(2)17-7-11(13)12(14)5-9-3-4-10(6-12)18(9,15)16/h8-11,14H,3-7,13H2,1-2H3. The predicted molar refractivity (Wildman–Crippen MR) is 69.0 cm³/mol. The van der Waals surface area contributed by atoms with Gasteiger partial charge in [-0.05, 0) is 39.5 Å². The summed E-state index contributed by atoms with van der Waals surface area (Å²) in [4.78, 5) is 0. The third kappa shape index (κ3) is 2.43. The van der Waals surface area contributed by atoms with Crippen LogP contribution < -0.4 is 5.73 Å². The zero-order valence-corrected chi connectivity index (χ0v) is 11.8. The summed E-state index contributed by atoms with van der Waals surface area (Å²) in [6, 6.07) is -0.515. The summed E-state index contributed by atoms with van der Waals surface area (Å²) in [5.74, 6) is 0. The van der Waals surface area contributed by atoms with Crippen LogP contribution in [0.4, 0.5) is 0 Å². The summed E-state index contributed by atoms with van der Waals surface area (Å²) in [5, 5.41) is 9.77. The molecule has 2 aliphatic heterocycles. The largest absolute Gasteiger partial charge is 0.388 e. The van der Waals surface area contributed by atoms with Gasteiger partial charge in [0.15, 0.2) is 9.84 Å². The van der Waals surface area contributed by atoms with Crippen molar-refractivity contribution in [1.29, 1.82) is 0 Å². The van der Waals surface area contributed by atoms with Gasteiger partial charge < -0.3 is 15.6 Å². The lowest BCUT2D eigenvalue weighted by atomic mass is 9.86. The first kappa shape index (κ1) is 14.2. The number of aliphatic hydroxyl groups is 1. The molecule has 0 amide bonds. The van der Waals surface area contributed by atoms with Crippen LogP contribution in [-0.4, -0.2) is 48.4 Å². The van der Waals surface area contributed by atoms with Gasteiger partial charge in [0.05, 0.1) is 34.9 Å². The topological polar surface area (TPSA) is 89.6 Å². The van der Waals surface area contributed by atoms with Crippen molar-refractivity contribution in [1.82, 2.24) is 0 Å². The van der Waals surface area contributed by atoms with Crippen LogP contribution in [0.25, 0.3) is 0 Å². The highest BCUT2D eigenvalue weighted by molar-refractivity contribution is 7.93. The Balaban J connectivity index is 2.06. The fourth-order valence-electron chi connectivity index (χ4n) is 3.03. The Morgan fingerprint density at radius 2 is 1.83 bits per heavy atom. The van der Waals surface area contributed by atoms with E-state index in [1.807, 2.05) is 13.8 Å². The van der Waals surface area contributed by atoms with E-state index in [9.17, 15) is 13.5 Å². The molecular formula is C12H23NO4S. The van der Waals surface area contributed by atoms with Crippen LogP contribution in [0.1, 0.15) is 39.5 Å². The summed E-state index contributed by atoms with van der Waals surface area (Å²) in [6.07, 6.45) is 1.90. The second kappa shape index (κ2) is 4.74. The van der Waals surface area contributed by atoms with Crippen molar-refractivity contribution in [3.63, 3.8) is 0 Å². The third-order valence-corrected chi connectivity index (χ3v) is 6.86. The second-order valence-corrected chi connectivity index (χ2v) is 8.42. The molecule has 0 saturated carbocycles. The fraction of sp³-hybridized carbons (Fsp3) is 1.00. The molecule has 3 atom stereocenters. The van der Waals surface area contributed by atoms with E-state index in [1.165, 1.54) is 0 Å². The lowest BCUT2D eigenvalue weighted by molar-refractivity contribution is -0.0425. The molecule has 2 heterocycles. The Hall–Kier alpha value is -0.170. The van der Waals surface area contributed by atoms with Gasteiger partial charge in [0.2, 0.25) is 0 Å². The third-order valence-electron chi connectivity index (χ3n) is 4.20. The van der Waals surface area contributed by atoms with Crippen molar-refractivity contribution in [3.05, 3.63) is 0 Å². The van der Waals surface area contributed by atoms with Crippen molar-refractivity contribution < 1.29 is 18.3 Å². The summed E-state index contributed by atoms with van der Waals surface area (Å²) < 4.78 is 29.4. The van der Waals surface area contributed by atoms with Crippen LogP contribution in [0.5, 0.6) is 0 Å². The Bertz CT molecular complexity index is 386. The molecule has 18 heavy (non-hydrogen) atoms. The van der Waals surface area contributed by atoms with E-state index in [1.54, 1.807) is 0 Å². The molecule has 3 unspecified atom stereocenters. The minimum atomic E-state index is -3.02. The highest BCUT2D eigenvalue weighted by atomic mass is 32.2. The van der Waals surface area contributed by atoms with Crippen molar-refractivity contribution in [2.24, 2.45) is 5.73 Å². The predicted octanol–water partition coefficient (Wildman–Crippen LogP) is 0.209. The first-order chi connectivity index (χ1) is 8.25. The normalized spacial score (nSPS) is 40.1. The van der Waals surface area contributed by atoms with Gasteiger partial charge in [-0.3, -0.25) is 0 Å². The number of fused-ring (bicyclic) bond motifs is 2. The molecule has 0 spiro atoms. The average Bonchev–Trinajstić information content (AvgIpc) is 2.48. The van der Waals surface area contributed by atoms with Crippen molar-refractivity contribution in [3.8, 4) is 0 Å². The molecule has 106 valence electrons. The maximum Gasteiger partial charge on any atom is 0.156 e. The first-order valence-electron chi connectivity index (χ1n) is 6.58. The molecule has 2 fully saturated rings. The lowest BCUT2D eigenvalue weighted by Gasteiger charge is -2.40. The van der Waals surface area contributed by atoms with E-state index in [2.05, 4.69) is 0 Å². The van der Waals surface area contributed by atoms with Crippen LogP contribution in [0.2, 0.25) is 0 Å². The number of sulfone groups is 1. The van der Waals surface area contributed by atoms with Gasteiger partial charge in [-0.15, -0.1) is 0 Å². The summed E-state index contributed by atoms with van der Waals surface area (Å²) in [7, 11) is -3.02. The molecule has 2 bridgehead atoms. The average molecular weight is 277 g/mol. The van der Waals surface area contributed by atoms with Crippen LogP contribution in [-0.2, 0) is 14.6 Å². The van der Waals surface area contributed by atoms with Crippen LogP contribution in [0.15, 0.2) is 0 Å². The molecule has 6 heteroatoms. The number of ether oxygens (including phenoxy) is 1. The molecule has 0 aromatic carbocycles. The minimum Gasteiger partial charge on any atom is -0.388 e. The van der Waals surface area contributed by atoms with Gasteiger partial charge in [0.25, 0.3) is 0 Å². The molecule has 2 saturated heterocycles. The van der Waals surface area contributed by atoms with E-state index in [0.29, 0.717) is 12.8 Å². The molecule has 0 aromatic rings. The van der Waals surface area contributed by atoms with E-state index >= 15 is 0 Å². The smallest absolute Gasteiger partial charge is 0.156 e. The van der Waals surface area contributed by atoms with Crippen molar-refractivity contribution in [2.75, 3.05) is 6.61 Å². The van der Waals surface area contributed by atoms with E-state index in [-0.39, 0.29) is 25.6 Å². The Labute approximate surface area is 109 Å². The minimum absolute atomic E-state index is 0.0590. The van der Waals surface area contributed by atoms with Gasteiger partial charge in [-0.1, -0.05) is 0 Å². The first-order valence-corrected chi connectivity index (χ1v) is 8.19. The Morgan fingerprint density at radius 3 is 2.28 bits per heavy atom. The van der Waals surface area contributed by atoms with Gasteiger partial charge in [-0.25, -0.2) is 8.42 Å². The Kier molecular flexibility index (Phi) is 3.75. The summed E-state index contributed by atoms with van der Waals surface area (Å²) >= 11 is 0. The van der Waals surface area contributed by atoms with Crippen LogP contribution in [0.3, 0.4) is 0 Å². The molecule has 2 aliphatic rings. The monoisotopic (exact) mass is 277 g/mol.